The van der Waals surface area contributed by atoms with E-state index in [1.54, 1.807) is 47.0 Å². The van der Waals surface area contributed by atoms with E-state index in [9.17, 15) is 45.2 Å². The van der Waals surface area contributed by atoms with E-state index in [1.165, 1.54) is 14.0 Å². The van der Waals surface area contributed by atoms with Gasteiger partial charge in [-0.1, -0.05) is 70.6 Å². The van der Waals surface area contributed by atoms with Crippen LogP contribution in [0.25, 0.3) is 0 Å². The van der Waals surface area contributed by atoms with Crippen molar-refractivity contribution in [2.75, 3.05) is 20.8 Å². The zero-order valence-corrected chi connectivity index (χ0v) is 50.9. The number of hydrogen-bond donors (Lipinski definition) is 6. The van der Waals surface area contributed by atoms with Gasteiger partial charge >= 0.3 is 12.1 Å². The number of alkyl carbamates (subject to hydrolysis) is 1. The van der Waals surface area contributed by atoms with Crippen LogP contribution in [0.2, 0.25) is 0 Å². The number of aliphatic hydroxyl groups is 5. The topological polar surface area (TPSA) is 300 Å². The Kier molecular flexibility index (Phi) is 19.2. The molecule has 0 aromatic carbocycles. The van der Waals surface area contributed by atoms with Crippen molar-refractivity contribution in [1.29, 1.82) is 0 Å². The summed E-state index contributed by atoms with van der Waals surface area (Å²) in [6, 6.07) is -1.08. The molecule has 0 radical (unpaired) electrons. The Morgan fingerprint density at radius 1 is 0.774 bits per heavy atom. The van der Waals surface area contributed by atoms with E-state index in [2.05, 4.69) is 25.2 Å². The third kappa shape index (κ3) is 11.9. The molecule has 4 saturated heterocycles. The third-order valence-corrected chi connectivity index (χ3v) is 20.8. The van der Waals surface area contributed by atoms with Gasteiger partial charge in [0.15, 0.2) is 24.5 Å². The Labute approximate surface area is 492 Å². The molecular weight excluding hydrogens is 1090 g/mol. The first-order chi connectivity index (χ1) is 39.6. The van der Waals surface area contributed by atoms with Gasteiger partial charge in [0.1, 0.15) is 29.6 Å². The maximum absolute atomic E-state index is 15.6. The molecule has 1 amide bonds. The fourth-order valence-corrected chi connectivity index (χ4v) is 16.4. The number of allylic oxidation sites excluding steroid dienone is 3. The van der Waals surface area contributed by atoms with E-state index in [1.807, 2.05) is 39.8 Å². The molecule has 0 aromatic rings. The Morgan fingerprint density at radius 3 is 2.10 bits per heavy atom. The minimum absolute atomic E-state index is 0.00910. The summed E-state index contributed by atoms with van der Waals surface area (Å²) in [5.41, 5.74) is -3.34. The number of rotatable bonds is 12. The number of fused-ring (bicyclic) bond motifs is 4. The van der Waals surface area contributed by atoms with Gasteiger partial charge in [-0.05, 0) is 94.6 Å². The summed E-state index contributed by atoms with van der Waals surface area (Å²) >= 11 is 0. The van der Waals surface area contributed by atoms with Crippen molar-refractivity contribution >= 4 is 17.8 Å². The maximum Gasteiger partial charge on any atom is 0.407 e. The van der Waals surface area contributed by atoms with Gasteiger partial charge in [0, 0.05) is 67.8 Å². The van der Waals surface area contributed by atoms with Crippen molar-refractivity contribution < 1.29 is 92.2 Å². The number of nitrogens with one attached hydrogen (secondary N) is 1. The lowest BCUT2D eigenvalue weighted by Crippen LogP contribution is -2.65. The standard InChI is InChI=1S/C62H92N2O20/c1-28-14-17-44(81-48-26-60(10,64(73)74)55(36(9)79-48)63-59(72)76-13)29(2)19-38-21-37(27-65)33(6)25-62(38)57(70)49(58(71)84-62)56(69)61(11)41(28)16-15-40-50(61)30(3)18-31(4)52(40)83-47-24-45(51(68)34(7)77-47)82-46-23-43(67)54(35(8)78-46)80-39-20-32(5)53(75-12)42(66)22-39/h14-16,19,21,30-36,38-48,50-55,65-69H,17-18,20,22-27H2,1-13H3,(H,63,72)/b28-14+,29-19+,56-49?/t30-,31-,32+,33+,34-,35-,36+,38+,39-,40-,41-,42+,43+,44-,45+,46+,47+,48-,50+,51-,52-,53-,54-,55-,60-,61+,62-/m0/s1. The van der Waals surface area contributed by atoms with Crippen molar-refractivity contribution in [3.63, 3.8) is 0 Å². The van der Waals surface area contributed by atoms with Crippen molar-refractivity contribution in [1.82, 2.24) is 5.32 Å². The molecule has 6 N–H and O–H groups in total. The van der Waals surface area contributed by atoms with Gasteiger partial charge in [-0.25, -0.2) is 9.59 Å². The maximum atomic E-state index is 15.6. The van der Waals surface area contributed by atoms with E-state index >= 15 is 4.79 Å². The highest BCUT2D eigenvalue weighted by molar-refractivity contribution is 6.26. The van der Waals surface area contributed by atoms with Crippen LogP contribution in [0.5, 0.6) is 0 Å². The number of hydrogen-bond acceptors (Lipinski definition) is 20. The number of carbonyl (C=O) groups is 3. The zero-order chi connectivity index (χ0) is 61.2. The Bertz CT molecular complexity index is 2600. The molecule has 9 aliphatic rings. The first-order valence-electron chi connectivity index (χ1n) is 30.3. The normalized spacial score (nSPS) is 48.5. The summed E-state index contributed by atoms with van der Waals surface area (Å²) in [5, 5.41) is 73.1. The SMILES string of the molecule is COC(=O)N[C@H]1[C@@H](C)O[C@@H](O[C@H]2C/C=C(\C)[C@@H]3C=C[C@@H]4[C@@H](O[C@@H]5C[C@@H](O[C@@H]6C[C@@H](O)[C@@H](O[C@H]7C[C@@H](C)[C@H](OC)[C@H](O)C7)[C@H](C)O6)[C@@H](O)[C@H](C)O5)[C@@H](C)C[C@H](C)[C@H]4[C@]3(C)C(O)=C3C(=O)O[C@]4(C[C@@H](C)C(CO)=C[C@H]4/C=C/2C)C3=O)C[C@]1(C)[N+](=O)[O-]. The summed E-state index contributed by atoms with van der Waals surface area (Å²) in [6.45, 7) is 19.9. The fourth-order valence-electron chi connectivity index (χ4n) is 16.4. The molecule has 27 atom stereocenters. The minimum Gasteiger partial charge on any atom is -0.511 e. The van der Waals surface area contributed by atoms with Crippen LogP contribution in [0, 0.1) is 62.9 Å². The van der Waals surface area contributed by atoms with E-state index in [-0.39, 0.29) is 74.4 Å². The largest absolute Gasteiger partial charge is 0.511 e. The number of aliphatic hydroxyl groups excluding tert-OH is 5. The molecule has 84 heavy (non-hydrogen) atoms. The van der Waals surface area contributed by atoms with Crippen LogP contribution >= 0.6 is 0 Å². The van der Waals surface area contributed by atoms with Crippen LogP contribution in [0.1, 0.15) is 128 Å². The van der Waals surface area contributed by atoms with Crippen LogP contribution in [-0.4, -0.2) is 178 Å². The number of carbonyl (C=O) groups excluding carboxylic acids is 3. The molecular formula is C62H92N2O20. The van der Waals surface area contributed by atoms with Crippen LogP contribution in [0.15, 0.2) is 58.4 Å². The van der Waals surface area contributed by atoms with E-state index < -0.39 is 160 Å². The number of ether oxygens (including phenoxy) is 10. The second kappa shape index (κ2) is 25.1. The van der Waals surface area contributed by atoms with Crippen molar-refractivity contribution in [2.45, 2.75) is 237 Å². The number of methoxy groups -OCH3 is 2. The van der Waals surface area contributed by atoms with Gasteiger partial charge in [0.25, 0.3) is 0 Å². The fraction of sp³-hybridized carbons (Fsp3) is 0.790. The highest BCUT2D eigenvalue weighted by Crippen LogP contribution is 2.61. The van der Waals surface area contributed by atoms with Crippen molar-refractivity contribution in [3.05, 3.63) is 68.5 Å². The second-order valence-electron chi connectivity index (χ2n) is 26.5. The average Bonchev–Trinajstić information content (AvgIpc) is 2.80. The molecule has 2 bridgehead atoms. The molecule has 22 nitrogen and oxygen atoms in total. The van der Waals surface area contributed by atoms with Crippen molar-refractivity contribution in [2.24, 2.45) is 52.8 Å². The van der Waals surface area contributed by atoms with Crippen LogP contribution in [-0.2, 0) is 57.0 Å². The minimum atomic E-state index is -1.82. The molecule has 470 valence electrons. The number of nitro groups is 1. The number of ketones is 1. The average molecular weight is 1190 g/mol. The lowest BCUT2D eigenvalue weighted by atomic mass is 9.49. The first-order valence-corrected chi connectivity index (χ1v) is 30.3. The summed E-state index contributed by atoms with van der Waals surface area (Å²) in [7, 11) is 2.75. The molecule has 6 fully saturated rings. The van der Waals surface area contributed by atoms with Gasteiger partial charge in [-0.2, -0.15) is 0 Å². The molecule has 1 spiro atoms. The predicted molar refractivity (Wildman–Crippen MR) is 301 cm³/mol. The van der Waals surface area contributed by atoms with Gasteiger partial charge in [0.2, 0.25) is 11.3 Å². The number of esters is 1. The number of amides is 1. The molecule has 4 aliphatic heterocycles. The molecule has 9 rings (SSSR count). The highest BCUT2D eigenvalue weighted by atomic mass is 16.7. The first kappa shape index (κ1) is 64.3. The highest BCUT2D eigenvalue weighted by Gasteiger charge is 2.64. The van der Waals surface area contributed by atoms with Gasteiger partial charge in [-0.3, -0.25) is 14.9 Å². The van der Waals surface area contributed by atoms with Gasteiger partial charge in [-0.15, -0.1) is 0 Å². The molecule has 0 aromatic heterocycles. The predicted octanol–water partition coefficient (Wildman–Crippen LogP) is 6.24. The smallest absolute Gasteiger partial charge is 0.407 e. The van der Waals surface area contributed by atoms with E-state index in [4.69, 9.17) is 47.4 Å². The van der Waals surface area contributed by atoms with Gasteiger partial charge < -0.3 is 78.2 Å². The monoisotopic (exact) mass is 1180 g/mol. The molecule has 4 heterocycles. The molecule has 2 saturated carbocycles. The lowest BCUT2D eigenvalue weighted by Gasteiger charge is -2.56. The van der Waals surface area contributed by atoms with Crippen LogP contribution in [0.3, 0.4) is 0 Å². The summed E-state index contributed by atoms with van der Waals surface area (Å²) in [6.07, 6.45) is -0.840. The quantitative estimate of drug-likeness (QED) is 0.0414. The third-order valence-electron chi connectivity index (χ3n) is 20.8. The van der Waals surface area contributed by atoms with E-state index in [0.717, 1.165) is 5.57 Å². The Hall–Kier alpha value is -4.17. The summed E-state index contributed by atoms with van der Waals surface area (Å²) in [5.74, 6) is -4.98. The number of nitrogens with zero attached hydrogens (tertiary/aromatic N) is 1. The Balaban J connectivity index is 1.01. The zero-order valence-electron chi connectivity index (χ0n) is 50.9. The lowest BCUT2D eigenvalue weighted by molar-refractivity contribution is -0.584. The second-order valence-corrected chi connectivity index (χ2v) is 26.5. The number of Topliss-reactive ketones (excluding diaryl/α,β-unsaturated/α-hetero) is 1. The van der Waals surface area contributed by atoms with Crippen LogP contribution < -0.4 is 5.32 Å². The van der Waals surface area contributed by atoms with Crippen molar-refractivity contribution in [3.8, 4) is 0 Å². The van der Waals surface area contributed by atoms with E-state index in [0.29, 0.717) is 30.4 Å². The summed E-state index contributed by atoms with van der Waals surface area (Å²) in [4.78, 5) is 55.1. The molecule has 5 aliphatic carbocycles. The molecule has 0 unspecified atom stereocenters. The van der Waals surface area contributed by atoms with Crippen LogP contribution in [0.4, 0.5) is 4.79 Å². The Morgan fingerprint density at radius 2 is 1.44 bits per heavy atom. The molecule has 22 heteroatoms. The summed E-state index contributed by atoms with van der Waals surface area (Å²) < 4.78 is 62.5. The van der Waals surface area contributed by atoms with Gasteiger partial charge in [0.05, 0.1) is 81.2 Å².